The summed E-state index contributed by atoms with van der Waals surface area (Å²) in [6.45, 7) is 4.40. The summed E-state index contributed by atoms with van der Waals surface area (Å²) in [7, 11) is 0. The lowest BCUT2D eigenvalue weighted by Gasteiger charge is -2.43. The fourth-order valence-electron chi connectivity index (χ4n) is 4.00. The van der Waals surface area contributed by atoms with Crippen LogP contribution in [0.4, 0.5) is 0 Å². The molecule has 8 heteroatoms. The van der Waals surface area contributed by atoms with E-state index in [1.165, 1.54) is 12.2 Å². The maximum absolute atomic E-state index is 12.5. The van der Waals surface area contributed by atoms with Crippen LogP contribution in [0.2, 0.25) is 0 Å². The highest BCUT2D eigenvalue weighted by Crippen LogP contribution is 2.34. The van der Waals surface area contributed by atoms with E-state index in [1.54, 1.807) is 0 Å². The van der Waals surface area contributed by atoms with Gasteiger partial charge in [-0.05, 0) is 31.4 Å². The van der Waals surface area contributed by atoms with Gasteiger partial charge in [0.2, 0.25) is 5.91 Å². The minimum Gasteiger partial charge on any atom is -0.379 e. The highest BCUT2D eigenvalue weighted by Gasteiger charge is 2.41. The third-order valence-electron chi connectivity index (χ3n) is 5.44. The number of nitrogens with one attached hydrogen (secondary N) is 1. The van der Waals surface area contributed by atoms with Gasteiger partial charge in [-0.25, -0.2) is 0 Å². The van der Waals surface area contributed by atoms with Crippen molar-refractivity contribution in [1.82, 2.24) is 10.2 Å². The van der Waals surface area contributed by atoms with Crippen LogP contribution in [0.3, 0.4) is 0 Å². The first-order valence-electron chi connectivity index (χ1n) is 8.63. The molecule has 3 unspecified atom stereocenters. The smallest absolute Gasteiger partial charge is 0.223 e. The van der Waals surface area contributed by atoms with Gasteiger partial charge in [-0.3, -0.25) is 9.69 Å². The minimum absolute atomic E-state index is 0. The van der Waals surface area contributed by atoms with Crippen molar-refractivity contribution in [2.24, 2.45) is 11.7 Å². The Labute approximate surface area is 162 Å². The molecule has 3 fully saturated rings. The Bertz CT molecular complexity index is 392. The van der Waals surface area contributed by atoms with Crippen LogP contribution in [0.25, 0.3) is 0 Å². The monoisotopic (exact) mass is 399 g/mol. The van der Waals surface area contributed by atoms with Crippen molar-refractivity contribution in [3.8, 4) is 0 Å². The molecule has 1 aliphatic carbocycles. The molecule has 0 aromatic heterocycles. The molecule has 1 saturated carbocycles. The molecule has 3 atom stereocenters. The second kappa shape index (κ2) is 10.4. The van der Waals surface area contributed by atoms with E-state index in [4.69, 9.17) is 10.5 Å². The van der Waals surface area contributed by atoms with Crippen molar-refractivity contribution in [3.63, 3.8) is 0 Å². The first kappa shape index (κ1) is 22.3. The second-order valence-electron chi connectivity index (χ2n) is 6.97. The standard InChI is InChI=1S/C16H29N3O2S.2ClH/c17-14-3-1-2-13(10-14)15(20)18-11-16(4-9-22-12-16)19-5-7-21-8-6-19;;/h13-14H,1-12,17H2,(H,18,20);2*1H. The minimum atomic E-state index is 0. The van der Waals surface area contributed by atoms with Crippen molar-refractivity contribution in [2.75, 3.05) is 44.4 Å². The van der Waals surface area contributed by atoms with Crippen LogP contribution in [0.5, 0.6) is 0 Å². The van der Waals surface area contributed by atoms with Crippen molar-refractivity contribution in [1.29, 1.82) is 0 Å². The van der Waals surface area contributed by atoms with Gasteiger partial charge in [-0.1, -0.05) is 6.42 Å². The van der Waals surface area contributed by atoms with Crippen molar-refractivity contribution in [3.05, 3.63) is 0 Å². The van der Waals surface area contributed by atoms with E-state index < -0.39 is 0 Å². The first-order valence-corrected chi connectivity index (χ1v) is 9.79. The quantitative estimate of drug-likeness (QED) is 0.752. The van der Waals surface area contributed by atoms with Crippen LogP contribution in [-0.2, 0) is 9.53 Å². The van der Waals surface area contributed by atoms with E-state index in [0.717, 1.165) is 64.3 Å². The molecule has 24 heavy (non-hydrogen) atoms. The van der Waals surface area contributed by atoms with Gasteiger partial charge in [0.05, 0.1) is 13.2 Å². The van der Waals surface area contributed by atoms with Crippen LogP contribution in [-0.4, -0.2) is 66.7 Å². The Morgan fingerprint density at radius 2 is 2.04 bits per heavy atom. The number of hydrogen-bond donors (Lipinski definition) is 2. The summed E-state index contributed by atoms with van der Waals surface area (Å²) in [5.41, 5.74) is 6.16. The van der Waals surface area contributed by atoms with E-state index in [0.29, 0.717) is 0 Å². The number of ether oxygens (including phenoxy) is 1. The number of carbonyl (C=O) groups is 1. The Kier molecular flexibility index (Phi) is 9.70. The van der Waals surface area contributed by atoms with Gasteiger partial charge in [-0.15, -0.1) is 24.8 Å². The van der Waals surface area contributed by atoms with E-state index >= 15 is 0 Å². The number of rotatable bonds is 4. The van der Waals surface area contributed by atoms with Crippen LogP contribution in [0.15, 0.2) is 0 Å². The number of halogens is 2. The third kappa shape index (κ3) is 5.39. The number of thioether (sulfide) groups is 1. The van der Waals surface area contributed by atoms with Crippen LogP contribution < -0.4 is 11.1 Å². The van der Waals surface area contributed by atoms with E-state index in [9.17, 15) is 4.79 Å². The summed E-state index contributed by atoms with van der Waals surface area (Å²) in [6.07, 6.45) is 5.17. The first-order chi connectivity index (χ1) is 10.7. The molecule has 2 aliphatic heterocycles. The van der Waals surface area contributed by atoms with E-state index in [1.807, 2.05) is 11.8 Å². The van der Waals surface area contributed by atoms with E-state index in [2.05, 4.69) is 10.2 Å². The third-order valence-corrected chi connectivity index (χ3v) is 6.68. The van der Waals surface area contributed by atoms with Crippen LogP contribution >= 0.6 is 36.6 Å². The Morgan fingerprint density at radius 1 is 1.29 bits per heavy atom. The molecule has 0 radical (unpaired) electrons. The number of nitrogens with zero attached hydrogens (tertiary/aromatic N) is 1. The maximum atomic E-state index is 12.5. The predicted octanol–water partition coefficient (Wildman–Crippen LogP) is 1.67. The SMILES string of the molecule is Cl.Cl.NC1CCCC(C(=O)NCC2(N3CCOCC3)CCSC2)C1. The van der Waals surface area contributed by atoms with Crippen LogP contribution in [0, 0.1) is 5.92 Å². The zero-order valence-corrected chi connectivity index (χ0v) is 16.7. The summed E-state index contributed by atoms with van der Waals surface area (Å²) in [5, 5.41) is 3.26. The molecular formula is C16H31Cl2N3O2S. The lowest BCUT2D eigenvalue weighted by atomic mass is 9.85. The highest BCUT2D eigenvalue weighted by molar-refractivity contribution is 7.99. The van der Waals surface area contributed by atoms with Crippen LogP contribution in [0.1, 0.15) is 32.1 Å². The zero-order chi connectivity index (χ0) is 15.4. The molecule has 1 amide bonds. The molecule has 142 valence electrons. The number of amides is 1. The fourth-order valence-corrected chi connectivity index (χ4v) is 5.47. The summed E-state index contributed by atoms with van der Waals surface area (Å²) in [4.78, 5) is 15.1. The van der Waals surface area contributed by atoms with Gasteiger partial charge in [-0.2, -0.15) is 11.8 Å². The lowest BCUT2D eigenvalue weighted by Crippen LogP contribution is -2.59. The maximum Gasteiger partial charge on any atom is 0.223 e. The molecule has 0 aromatic carbocycles. The lowest BCUT2D eigenvalue weighted by molar-refractivity contribution is -0.127. The molecule has 0 aromatic rings. The summed E-state index contributed by atoms with van der Waals surface area (Å²) in [5.74, 6) is 2.66. The van der Waals surface area contributed by atoms with Gasteiger partial charge in [0.25, 0.3) is 0 Å². The molecule has 3 rings (SSSR count). The Morgan fingerprint density at radius 3 is 2.67 bits per heavy atom. The second-order valence-corrected chi connectivity index (χ2v) is 8.07. The number of carbonyl (C=O) groups excluding carboxylic acids is 1. The fraction of sp³-hybridized carbons (Fsp3) is 0.938. The normalized spacial score (nSPS) is 34.0. The Hall–Kier alpha value is 0.280. The molecule has 5 nitrogen and oxygen atoms in total. The molecular weight excluding hydrogens is 369 g/mol. The van der Waals surface area contributed by atoms with Gasteiger partial charge >= 0.3 is 0 Å². The summed E-state index contributed by atoms with van der Waals surface area (Å²) in [6, 6.07) is 0.208. The topological polar surface area (TPSA) is 67.6 Å². The number of morpholine rings is 1. The van der Waals surface area contributed by atoms with Gasteiger partial charge in [0.1, 0.15) is 0 Å². The average Bonchev–Trinajstić information content (AvgIpc) is 3.04. The zero-order valence-electron chi connectivity index (χ0n) is 14.2. The summed E-state index contributed by atoms with van der Waals surface area (Å²) >= 11 is 2.01. The van der Waals surface area contributed by atoms with Crippen molar-refractivity contribution < 1.29 is 9.53 Å². The van der Waals surface area contributed by atoms with Gasteiger partial charge in [0.15, 0.2) is 0 Å². The van der Waals surface area contributed by atoms with Gasteiger partial charge in [0, 0.05) is 42.9 Å². The van der Waals surface area contributed by atoms with Gasteiger partial charge < -0.3 is 15.8 Å². The predicted molar refractivity (Wildman–Crippen MR) is 105 cm³/mol. The molecule has 3 aliphatic rings. The number of hydrogen-bond acceptors (Lipinski definition) is 5. The molecule has 0 spiro atoms. The molecule has 2 heterocycles. The Balaban J connectivity index is 0.00000144. The molecule has 0 bridgehead atoms. The average molecular weight is 400 g/mol. The van der Waals surface area contributed by atoms with E-state index in [-0.39, 0.29) is 48.2 Å². The van der Waals surface area contributed by atoms with Crippen molar-refractivity contribution >= 4 is 42.5 Å². The molecule has 2 saturated heterocycles. The van der Waals surface area contributed by atoms with Crippen molar-refractivity contribution in [2.45, 2.75) is 43.7 Å². The number of nitrogens with two attached hydrogens (primary N) is 1. The molecule has 3 N–H and O–H groups in total. The largest absolute Gasteiger partial charge is 0.379 e. The summed E-state index contributed by atoms with van der Waals surface area (Å²) < 4.78 is 5.49. The highest BCUT2D eigenvalue weighted by atomic mass is 35.5.